The van der Waals surface area contributed by atoms with E-state index in [0.717, 1.165) is 29.0 Å². The maximum Gasteiger partial charge on any atom is 0.313 e. The van der Waals surface area contributed by atoms with Crippen molar-refractivity contribution >= 4 is 39.6 Å². The average molecular weight is 324 g/mol. The summed E-state index contributed by atoms with van der Waals surface area (Å²) in [6, 6.07) is 8.11. The Bertz CT molecular complexity index is 689. The van der Waals surface area contributed by atoms with E-state index in [-0.39, 0.29) is 11.8 Å². The summed E-state index contributed by atoms with van der Waals surface area (Å²) in [4.78, 5) is 15.4. The van der Waals surface area contributed by atoms with Gasteiger partial charge in [0.1, 0.15) is 0 Å². The van der Waals surface area contributed by atoms with Crippen molar-refractivity contribution in [1.29, 1.82) is 0 Å². The Hall–Kier alpha value is -1.34. The van der Waals surface area contributed by atoms with E-state index >= 15 is 0 Å². The number of imidazole rings is 1. The highest BCUT2D eigenvalue weighted by molar-refractivity contribution is 7.99. The second-order valence-electron chi connectivity index (χ2n) is 5.01. The average Bonchev–Trinajstić information content (AvgIpc) is 2.84. The van der Waals surface area contributed by atoms with Crippen LogP contribution in [0.2, 0.25) is 0 Å². The summed E-state index contributed by atoms with van der Waals surface area (Å²) in [5, 5.41) is 9.63. The molecular weight excluding hydrogens is 308 g/mol. The monoisotopic (exact) mass is 324 g/mol. The summed E-state index contributed by atoms with van der Waals surface area (Å²) in [6.07, 6.45) is 1.71. The number of carbonyl (C=O) groups is 1. The molecule has 0 saturated carbocycles. The number of para-hydroxylation sites is 2. The minimum Gasteiger partial charge on any atom is -0.481 e. The highest BCUT2D eigenvalue weighted by Crippen LogP contribution is 2.32. The number of fused-ring (bicyclic) bond motifs is 1. The van der Waals surface area contributed by atoms with Crippen molar-refractivity contribution in [1.82, 2.24) is 9.55 Å². The molecule has 2 heterocycles. The smallest absolute Gasteiger partial charge is 0.313 e. The minimum absolute atomic E-state index is 0.00196. The van der Waals surface area contributed by atoms with Gasteiger partial charge in [0, 0.05) is 28.3 Å². The van der Waals surface area contributed by atoms with Crippen LogP contribution in [-0.4, -0.2) is 42.1 Å². The largest absolute Gasteiger partial charge is 0.481 e. The van der Waals surface area contributed by atoms with Gasteiger partial charge in [-0.25, -0.2) is 4.98 Å². The van der Waals surface area contributed by atoms with Crippen molar-refractivity contribution in [3.8, 4) is 0 Å². The number of carboxylic acid groups (broad SMARTS) is 1. The van der Waals surface area contributed by atoms with Gasteiger partial charge in [0.15, 0.2) is 5.16 Å². The zero-order valence-corrected chi connectivity index (χ0v) is 13.0. The van der Waals surface area contributed by atoms with Gasteiger partial charge in [-0.1, -0.05) is 23.9 Å². The van der Waals surface area contributed by atoms with Crippen molar-refractivity contribution in [3.05, 3.63) is 24.3 Å². The quantitative estimate of drug-likeness (QED) is 0.874. The molecule has 1 N–H and O–H groups in total. The third kappa shape index (κ3) is 3.13. The molecule has 7 heteroatoms. The number of carboxylic acids is 1. The van der Waals surface area contributed by atoms with E-state index < -0.39 is 16.8 Å². The molecule has 0 unspecified atom stereocenters. The number of rotatable bonds is 4. The number of hydrogen-bond donors (Lipinski definition) is 1. The van der Waals surface area contributed by atoms with Gasteiger partial charge in [-0.3, -0.25) is 9.00 Å². The van der Waals surface area contributed by atoms with Crippen LogP contribution in [0.15, 0.2) is 29.4 Å². The topological polar surface area (TPSA) is 72.2 Å². The minimum atomic E-state index is -0.844. The van der Waals surface area contributed by atoms with Crippen molar-refractivity contribution in [2.45, 2.75) is 24.0 Å². The number of nitrogens with zero attached hydrogens (tertiary/aromatic N) is 2. The first-order valence-corrected chi connectivity index (χ1v) is 9.29. The summed E-state index contributed by atoms with van der Waals surface area (Å²) < 4.78 is 13.7. The van der Waals surface area contributed by atoms with Crippen molar-refractivity contribution < 1.29 is 14.1 Å². The maximum atomic E-state index is 11.5. The zero-order valence-electron chi connectivity index (χ0n) is 11.4. The molecule has 0 aliphatic carbocycles. The maximum absolute atomic E-state index is 11.5. The fourth-order valence-electron chi connectivity index (χ4n) is 2.64. The van der Waals surface area contributed by atoms with E-state index in [1.54, 1.807) is 0 Å². The highest BCUT2D eigenvalue weighted by Gasteiger charge is 2.24. The Labute approximate surface area is 129 Å². The predicted molar refractivity (Wildman–Crippen MR) is 84.2 cm³/mol. The Balaban J connectivity index is 1.98. The molecule has 1 aromatic carbocycles. The predicted octanol–water partition coefficient (Wildman–Crippen LogP) is 2.30. The summed E-state index contributed by atoms with van der Waals surface area (Å²) in [7, 11) is -0.709. The van der Waals surface area contributed by atoms with Crippen LogP contribution in [0.4, 0.5) is 0 Å². The van der Waals surface area contributed by atoms with E-state index in [1.165, 1.54) is 11.8 Å². The van der Waals surface area contributed by atoms with Crippen LogP contribution in [-0.2, 0) is 15.6 Å². The Morgan fingerprint density at radius 3 is 2.81 bits per heavy atom. The normalized spacial score (nSPS) is 22.5. The number of aromatic nitrogens is 2. The summed E-state index contributed by atoms with van der Waals surface area (Å²) >= 11 is 1.25. The number of hydrogen-bond acceptors (Lipinski definition) is 4. The molecule has 1 saturated heterocycles. The van der Waals surface area contributed by atoms with E-state index in [9.17, 15) is 9.00 Å². The number of aliphatic carboxylic acids is 1. The standard InChI is InChI=1S/C14H16N2O3S2/c17-13(18)9-20-14-15-11-3-1-2-4-12(11)16(14)10-5-7-21(19)8-6-10/h1-4,10H,5-9H2,(H,17,18). The lowest BCUT2D eigenvalue weighted by Gasteiger charge is -2.25. The number of thioether (sulfide) groups is 1. The molecule has 1 aliphatic rings. The summed E-state index contributed by atoms with van der Waals surface area (Å²) in [6.45, 7) is 0. The van der Waals surface area contributed by atoms with Gasteiger partial charge in [0.2, 0.25) is 0 Å². The van der Waals surface area contributed by atoms with Crippen LogP contribution in [0.5, 0.6) is 0 Å². The molecule has 21 heavy (non-hydrogen) atoms. The second-order valence-corrected chi connectivity index (χ2v) is 7.65. The van der Waals surface area contributed by atoms with Gasteiger partial charge in [-0.2, -0.15) is 0 Å². The molecule has 0 spiro atoms. The van der Waals surface area contributed by atoms with Crippen LogP contribution >= 0.6 is 11.8 Å². The first-order valence-electron chi connectivity index (χ1n) is 6.81. The summed E-state index contributed by atoms with van der Waals surface area (Å²) in [5.41, 5.74) is 1.92. The summed E-state index contributed by atoms with van der Waals surface area (Å²) in [5.74, 6) is 0.575. The van der Waals surface area contributed by atoms with Gasteiger partial charge >= 0.3 is 5.97 Å². The van der Waals surface area contributed by atoms with E-state index in [4.69, 9.17) is 5.11 Å². The Morgan fingerprint density at radius 2 is 2.10 bits per heavy atom. The van der Waals surface area contributed by atoms with Crippen LogP contribution in [0.3, 0.4) is 0 Å². The highest BCUT2D eigenvalue weighted by atomic mass is 32.2. The molecule has 0 radical (unpaired) electrons. The van der Waals surface area contributed by atoms with Crippen LogP contribution in [0, 0.1) is 0 Å². The molecule has 1 aromatic heterocycles. The molecule has 0 atom stereocenters. The molecule has 112 valence electrons. The first-order chi connectivity index (χ1) is 10.1. The third-order valence-electron chi connectivity index (χ3n) is 3.61. The van der Waals surface area contributed by atoms with Gasteiger partial charge < -0.3 is 9.67 Å². The number of benzene rings is 1. The third-order valence-corrected chi connectivity index (χ3v) is 5.93. The van der Waals surface area contributed by atoms with Gasteiger partial charge in [0.05, 0.1) is 16.8 Å². The molecule has 1 fully saturated rings. The van der Waals surface area contributed by atoms with Crippen molar-refractivity contribution in [2.75, 3.05) is 17.3 Å². The molecule has 3 rings (SSSR count). The SMILES string of the molecule is O=C(O)CSc1nc2ccccc2n1C1CCS(=O)CC1. The van der Waals surface area contributed by atoms with Gasteiger partial charge in [0.25, 0.3) is 0 Å². The Morgan fingerprint density at radius 1 is 1.38 bits per heavy atom. The second kappa shape index (κ2) is 6.19. The van der Waals surface area contributed by atoms with Gasteiger partial charge in [-0.15, -0.1) is 0 Å². The first kappa shape index (κ1) is 14.6. The van der Waals surface area contributed by atoms with E-state index in [1.807, 2.05) is 24.3 Å². The lowest BCUT2D eigenvalue weighted by atomic mass is 10.1. The fraction of sp³-hybridized carbons (Fsp3) is 0.429. The van der Waals surface area contributed by atoms with Crippen molar-refractivity contribution in [2.24, 2.45) is 0 Å². The molecule has 5 nitrogen and oxygen atoms in total. The van der Waals surface area contributed by atoms with E-state index in [2.05, 4.69) is 9.55 Å². The van der Waals surface area contributed by atoms with Crippen LogP contribution in [0.25, 0.3) is 11.0 Å². The van der Waals surface area contributed by atoms with Gasteiger partial charge in [-0.05, 0) is 25.0 Å². The fourth-order valence-corrected chi connectivity index (χ4v) is 4.72. The van der Waals surface area contributed by atoms with E-state index in [0.29, 0.717) is 11.5 Å². The molecule has 2 aromatic rings. The Kier molecular flexibility index (Phi) is 4.30. The molecule has 0 bridgehead atoms. The lowest BCUT2D eigenvalue weighted by molar-refractivity contribution is -0.133. The zero-order chi connectivity index (χ0) is 14.8. The molecular formula is C14H16N2O3S2. The van der Waals surface area contributed by atoms with Crippen LogP contribution < -0.4 is 0 Å². The van der Waals surface area contributed by atoms with Crippen LogP contribution in [0.1, 0.15) is 18.9 Å². The lowest BCUT2D eigenvalue weighted by Crippen LogP contribution is -2.22. The van der Waals surface area contributed by atoms with Crippen molar-refractivity contribution in [3.63, 3.8) is 0 Å². The molecule has 0 amide bonds. The molecule has 1 aliphatic heterocycles.